The molecular weight excluding hydrogens is 278 g/mol. The van der Waals surface area contributed by atoms with Gasteiger partial charge in [0.05, 0.1) is 6.20 Å². The molecule has 114 valence electrons. The lowest BCUT2D eigenvalue weighted by Crippen LogP contribution is -2.45. The second-order valence-electron chi connectivity index (χ2n) is 5.33. The third-order valence-electron chi connectivity index (χ3n) is 3.62. The minimum absolute atomic E-state index is 0.0402. The van der Waals surface area contributed by atoms with Crippen molar-refractivity contribution in [3.05, 3.63) is 54.4 Å². The highest BCUT2D eigenvalue weighted by molar-refractivity contribution is 5.94. The number of nitrogens with zero attached hydrogens (tertiary/aromatic N) is 1. The van der Waals surface area contributed by atoms with Crippen molar-refractivity contribution in [1.29, 1.82) is 0 Å². The van der Waals surface area contributed by atoms with Crippen molar-refractivity contribution < 1.29 is 9.53 Å². The number of ether oxygens (including phenoxy) is 1. The molecule has 22 heavy (non-hydrogen) atoms. The van der Waals surface area contributed by atoms with Crippen LogP contribution in [0.5, 0.6) is 11.5 Å². The van der Waals surface area contributed by atoms with Crippen molar-refractivity contribution in [3.8, 4) is 11.5 Å². The average molecular weight is 297 g/mol. The number of carbonyl (C=O) groups excluding carboxylic acids is 1. The first-order chi connectivity index (χ1) is 10.8. The van der Waals surface area contributed by atoms with E-state index in [4.69, 9.17) is 4.74 Å². The van der Waals surface area contributed by atoms with E-state index in [0.717, 1.165) is 25.9 Å². The van der Waals surface area contributed by atoms with E-state index in [1.54, 1.807) is 36.7 Å². The van der Waals surface area contributed by atoms with Gasteiger partial charge in [-0.1, -0.05) is 0 Å². The summed E-state index contributed by atoms with van der Waals surface area (Å²) in [6, 6.07) is 11.0. The Balaban J connectivity index is 1.59. The maximum Gasteiger partial charge on any atom is 0.251 e. The molecule has 2 aromatic rings. The van der Waals surface area contributed by atoms with Crippen LogP contribution < -0.4 is 15.4 Å². The zero-order valence-corrected chi connectivity index (χ0v) is 12.3. The second-order valence-corrected chi connectivity index (χ2v) is 5.33. The van der Waals surface area contributed by atoms with Gasteiger partial charge in [0.1, 0.15) is 11.5 Å². The molecule has 1 aromatic carbocycles. The normalized spacial score (nSPS) is 17.7. The van der Waals surface area contributed by atoms with Crippen LogP contribution in [0.3, 0.4) is 0 Å². The summed E-state index contributed by atoms with van der Waals surface area (Å²) in [6.45, 7) is 1.88. The number of amides is 1. The Morgan fingerprint density at radius 2 is 2.09 bits per heavy atom. The summed E-state index contributed by atoms with van der Waals surface area (Å²) < 4.78 is 5.66. The summed E-state index contributed by atoms with van der Waals surface area (Å²) in [5, 5.41) is 6.34. The first-order valence-electron chi connectivity index (χ1n) is 7.51. The van der Waals surface area contributed by atoms with Crippen LogP contribution in [0.25, 0.3) is 0 Å². The van der Waals surface area contributed by atoms with E-state index in [-0.39, 0.29) is 11.9 Å². The topological polar surface area (TPSA) is 63.2 Å². The van der Waals surface area contributed by atoms with Gasteiger partial charge in [-0.15, -0.1) is 0 Å². The molecular formula is C17H19N3O2. The lowest BCUT2D eigenvalue weighted by molar-refractivity contribution is 0.0930. The number of hydrogen-bond acceptors (Lipinski definition) is 4. The molecule has 3 rings (SSSR count). The number of pyridine rings is 1. The molecule has 0 aliphatic carbocycles. The third kappa shape index (κ3) is 3.83. The van der Waals surface area contributed by atoms with Crippen LogP contribution in [0, 0.1) is 0 Å². The number of aromatic nitrogens is 1. The average Bonchev–Trinajstić information content (AvgIpc) is 2.57. The van der Waals surface area contributed by atoms with Crippen molar-refractivity contribution >= 4 is 5.91 Å². The quantitative estimate of drug-likeness (QED) is 0.909. The monoisotopic (exact) mass is 297 g/mol. The molecule has 0 radical (unpaired) electrons. The van der Waals surface area contributed by atoms with Crippen molar-refractivity contribution in [2.24, 2.45) is 0 Å². The minimum Gasteiger partial charge on any atom is -0.456 e. The van der Waals surface area contributed by atoms with Crippen LogP contribution in [0.4, 0.5) is 0 Å². The van der Waals surface area contributed by atoms with E-state index >= 15 is 0 Å². The van der Waals surface area contributed by atoms with Crippen molar-refractivity contribution in [2.45, 2.75) is 18.9 Å². The third-order valence-corrected chi connectivity index (χ3v) is 3.62. The van der Waals surface area contributed by atoms with Gasteiger partial charge in [-0.3, -0.25) is 9.78 Å². The van der Waals surface area contributed by atoms with Gasteiger partial charge in [0.2, 0.25) is 0 Å². The second kappa shape index (κ2) is 7.04. The molecule has 2 heterocycles. The van der Waals surface area contributed by atoms with E-state index in [0.29, 0.717) is 17.1 Å². The molecule has 0 saturated carbocycles. The van der Waals surface area contributed by atoms with Crippen molar-refractivity contribution in [1.82, 2.24) is 15.6 Å². The predicted molar refractivity (Wildman–Crippen MR) is 84.1 cm³/mol. The molecule has 1 aliphatic heterocycles. The highest BCUT2D eigenvalue weighted by Gasteiger charge is 2.16. The number of hydrogen-bond donors (Lipinski definition) is 2. The smallest absolute Gasteiger partial charge is 0.251 e. The minimum atomic E-state index is -0.0402. The number of piperidine rings is 1. The van der Waals surface area contributed by atoms with Gasteiger partial charge in [-0.25, -0.2) is 0 Å². The molecule has 2 N–H and O–H groups in total. The molecule has 0 bridgehead atoms. The van der Waals surface area contributed by atoms with Gasteiger partial charge in [0.15, 0.2) is 0 Å². The van der Waals surface area contributed by atoms with Gasteiger partial charge in [-0.05, 0) is 55.8 Å². The first kappa shape index (κ1) is 14.5. The lowest BCUT2D eigenvalue weighted by Gasteiger charge is -2.23. The van der Waals surface area contributed by atoms with Gasteiger partial charge in [0.25, 0.3) is 5.91 Å². The van der Waals surface area contributed by atoms with Gasteiger partial charge >= 0.3 is 0 Å². The Kier molecular flexibility index (Phi) is 4.65. The van der Waals surface area contributed by atoms with E-state index in [9.17, 15) is 4.79 Å². The summed E-state index contributed by atoms with van der Waals surface area (Å²) >= 11 is 0. The summed E-state index contributed by atoms with van der Waals surface area (Å²) in [6.07, 6.45) is 5.47. The number of benzene rings is 1. The maximum atomic E-state index is 12.2. The first-order valence-corrected chi connectivity index (χ1v) is 7.51. The molecule has 1 aliphatic rings. The van der Waals surface area contributed by atoms with Gasteiger partial charge in [0, 0.05) is 24.3 Å². The molecule has 1 aromatic heterocycles. The number of carbonyl (C=O) groups is 1. The fourth-order valence-corrected chi connectivity index (χ4v) is 2.46. The van der Waals surface area contributed by atoms with E-state index in [1.807, 2.05) is 12.1 Å². The van der Waals surface area contributed by atoms with Crippen LogP contribution in [0.15, 0.2) is 48.8 Å². The van der Waals surface area contributed by atoms with Crippen molar-refractivity contribution in [3.63, 3.8) is 0 Å². The summed E-state index contributed by atoms with van der Waals surface area (Å²) in [7, 11) is 0. The van der Waals surface area contributed by atoms with Crippen LogP contribution in [-0.2, 0) is 0 Å². The molecule has 0 spiro atoms. The van der Waals surface area contributed by atoms with Gasteiger partial charge < -0.3 is 15.4 Å². The molecule has 1 fully saturated rings. The Bertz CT molecular complexity index is 608. The number of rotatable bonds is 4. The van der Waals surface area contributed by atoms with E-state index in [1.165, 1.54) is 0 Å². The largest absolute Gasteiger partial charge is 0.456 e. The van der Waals surface area contributed by atoms with Crippen LogP contribution >= 0.6 is 0 Å². The van der Waals surface area contributed by atoms with E-state index in [2.05, 4.69) is 15.6 Å². The fourth-order valence-electron chi connectivity index (χ4n) is 2.46. The highest BCUT2D eigenvalue weighted by Crippen LogP contribution is 2.20. The predicted octanol–water partition coefficient (Wildman–Crippen LogP) is 2.36. The zero-order chi connectivity index (χ0) is 15.2. The Morgan fingerprint density at radius 3 is 2.77 bits per heavy atom. The molecule has 5 heteroatoms. The van der Waals surface area contributed by atoms with Gasteiger partial charge in [-0.2, -0.15) is 0 Å². The summed E-state index contributed by atoms with van der Waals surface area (Å²) in [5.74, 6) is 1.32. The highest BCUT2D eigenvalue weighted by atomic mass is 16.5. The standard InChI is InChI=1S/C17H19N3O2/c21-17(20-14-3-1-9-18-11-14)13-5-7-15(8-6-13)22-16-4-2-10-19-12-16/h2,4-8,10,12,14,18H,1,3,9,11H2,(H,20,21)/t14-/m0/s1. The zero-order valence-electron chi connectivity index (χ0n) is 12.3. The maximum absolute atomic E-state index is 12.2. The Labute approximate surface area is 129 Å². The van der Waals surface area contributed by atoms with E-state index < -0.39 is 0 Å². The summed E-state index contributed by atoms with van der Waals surface area (Å²) in [5.41, 5.74) is 0.643. The molecule has 5 nitrogen and oxygen atoms in total. The summed E-state index contributed by atoms with van der Waals surface area (Å²) in [4.78, 5) is 16.2. The molecule has 1 amide bonds. The number of nitrogens with one attached hydrogen (secondary N) is 2. The molecule has 0 unspecified atom stereocenters. The lowest BCUT2D eigenvalue weighted by atomic mass is 10.1. The van der Waals surface area contributed by atoms with Crippen molar-refractivity contribution in [2.75, 3.05) is 13.1 Å². The van der Waals surface area contributed by atoms with Crippen LogP contribution in [-0.4, -0.2) is 30.0 Å². The van der Waals surface area contributed by atoms with Crippen LogP contribution in [0.2, 0.25) is 0 Å². The Morgan fingerprint density at radius 1 is 1.23 bits per heavy atom. The molecule has 1 atom stereocenters. The fraction of sp³-hybridized carbons (Fsp3) is 0.294. The Hall–Kier alpha value is -2.40. The molecule has 1 saturated heterocycles. The van der Waals surface area contributed by atoms with Crippen LogP contribution in [0.1, 0.15) is 23.2 Å². The SMILES string of the molecule is O=C(N[C@H]1CCCNC1)c1ccc(Oc2cccnc2)cc1.